The van der Waals surface area contributed by atoms with E-state index in [1.807, 2.05) is 6.92 Å². The van der Waals surface area contributed by atoms with Crippen LogP contribution in [0.2, 0.25) is 6.32 Å². The van der Waals surface area contributed by atoms with Gasteiger partial charge in [0.2, 0.25) is 0 Å². The van der Waals surface area contributed by atoms with Crippen molar-refractivity contribution in [3.63, 3.8) is 0 Å². The highest BCUT2D eigenvalue weighted by Crippen LogP contribution is 2.16. The van der Waals surface area contributed by atoms with Gasteiger partial charge in [0, 0.05) is 5.56 Å². The van der Waals surface area contributed by atoms with E-state index >= 15 is 0 Å². The lowest BCUT2D eigenvalue weighted by molar-refractivity contribution is 0.454. The summed E-state index contributed by atoms with van der Waals surface area (Å²) in [5, 5.41) is 0. The van der Waals surface area contributed by atoms with Crippen molar-refractivity contribution in [2.75, 3.05) is 0 Å². The predicted octanol–water partition coefficient (Wildman–Crippen LogP) is 3.10. The van der Waals surface area contributed by atoms with Gasteiger partial charge in [0.1, 0.15) is 11.6 Å². The summed E-state index contributed by atoms with van der Waals surface area (Å²) in [5.41, 5.74) is -1.23. The largest absolute Gasteiger partial charge is 0.289 e. The lowest BCUT2D eigenvalue weighted by Crippen LogP contribution is -2.26. The molecule has 0 atom stereocenters. The molecule has 2 radical (unpaired) electrons. The Morgan fingerprint density at radius 3 is 1.88 bits per heavy atom. The minimum atomic E-state index is -1.32. The van der Waals surface area contributed by atoms with Gasteiger partial charge in [-0.2, -0.15) is 0 Å². The van der Waals surface area contributed by atoms with E-state index in [4.69, 9.17) is 0 Å². The molecule has 0 nitrogen and oxygen atoms in total. The van der Waals surface area contributed by atoms with Gasteiger partial charge in [-0.3, -0.25) is 7.28 Å². The topological polar surface area (TPSA) is 0 Å². The highest BCUT2D eigenvalue weighted by molar-refractivity contribution is 6.53. The van der Waals surface area contributed by atoms with E-state index in [9.17, 15) is 17.6 Å². The summed E-state index contributed by atoms with van der Waals surface area (Å²) in [6, 6.07) is 0. The first-order chi connectivity index (χ1) is 7.50. The molecule has 88 valence electrons. The zero-order valence-corrected chi connectivity index (χ0v) is 9.21. The molecule has 0 saturated heterocycles. The Hall–Kier alpha value is -0.995. The Kier molecular flexibility index (Phi) is 4.39. The lowest BCUT2D eigenvalue weighted by Gasteiger charge is -2.19. The van der Waals surface area contributed by atoms with Crippen LogP contribution in [-0.2, 0) is 0 Å². The number of benzene rings is 1. The summed E-state index contributed by atoms with van der Waals surface area (Å²) in [7, 11) is 1.19. The number of unbranched alkanes of at least 4 members (excludes halogenated alkanes) is 1. The molecule has 1 aromatic rings. The van der Waals surface area contributed by atoms with Crippen LogP contribution in [0.4, 0.5) is 17.6 Å². The van der Waals surface area contributed by atoms with Crippen LogP contribution in [0, 0.1) is 30.2 Å². The zero-order valence-electron chi connectivity index (χ0n) is 9.21. The van der Waals surface area contributed by atoms with Crippen LogP contribution in [0.1, 0.15) is 25.3 Å². The first-order valence-electron chi connectivity index (χ1n) is 5.16. The molecule has 0 N–H and O–H groups in total. The number of rotatable bonds is 4. The van der Waals surface area contributed by atoms with Crippen LogP contribution >= 0.6 is 0 Å². The summed E-state index contributed by atoms with van der Waals surface area (Å²) in [6.07, 6.45) is 1.96. The fraction of sp³-hybridized carbons (Fsp3) is 0.455. The molecule has 0 amide bonds. The van der Waals surface area contributed by atoms with Crippen molar-refractivity contribution in [3.8, 4) is 0 Å². The van der Waals surface area contributed by atoms with Gasteiger partial charge < -0.3 is 0 Å². The van der Waals surface area contributed by atoms with Gasteiger partial charge >= 0.3 is 0 Å². The molecule has 0 aromatic heterocycles. The van der Waals surface area contributed by atoms with Crippen molar-refractivity contribution in [3.05, 3.63) is 28.8 Å². The van der Waals surface area contributed by atoms with Gasteiger partial charge in [0.25, 0.3) is 0 Å². The minimum Gasteiger partial charge on any atom is -0.289 e. The summed E-state index contributed by atoms with van der Waals surface area (Å²) >= 11 is 0. The highest BCUT2D eigenvalue weighted by Gasteiger charge is 2.16. The molecule has 1 rings (SSSR count). The van der Waals surface area contributed by atoms with Crippen LogP contribution in [0.15, 0.2) is 0 Å². The SMILES string of the molecule is CCCC[B-]c1c(F)c(F)c(C)c(F)c1F. The molecule has 0 aliphatic rings. The molecule has 0 fully saturated rings. The molecular weight excluding hydrogens is 219 g/mol. The van der Waals surface area contributed by atoms with Crippen molar-refractivity contribution < 1.29 is 17.6 Å². The van der Waals surface area contributed by atoms with Crippen molar-refractivity contribution in [2.45, 2.75) is 33.0 Å². The Balaban J connectivity index is 3.08. The lowest BCUT2D eigenvalue weighted by atomic mass is 9.65. The van der Waals surface area contributed by atoms with E-state index in [0.717, 1.165) is 19.8 Å². The van der Waals surface area contributed by atoms with E-state index in [2.05, 4.69) is 0 Å². The van der Waals surface area contributed by atoms with Gasteiger partial charge in [-0.25, -0.2) is 29.3 Å². The fourth-order valence-corrected chi connectivity index (χ4v) is 1.39. The number of halogens is 4. The van der Waals surface area contributed by atoms with Crippen LogP contribution in [0.3, 0.4) is 0 Å². The van der Waals surface area contributed by atoms with E-state index in [-0.39, 0.29) is 0 Å². The van der Waals surface area contributed by atoms with Gasteiger partial charge in [0.05, 0.1) is 0 Å². The van der Waals surface area contributed by atoms with Crippen molar-refractivity contribution in [1.82, 2.24) is 0 Å². The second-order valence-electron chi connectivity index (χ2n) is 3.64. The summed E-state index contributed by atoms with van der Waals surface area (Å²) in [4.78, 5) is 0. The fourth-order valence-electron chi connectivity index (χ4n) is 1.39. The van der Waals surface area contributed by atoms with E-state index in [1.165, 1.54) is 7.28 Å². The summed E-state index contributed by atoms with van der Waals surface area (Å²) in [6.45, 7) is 2.92. The van der Waals surface area contributed by atoms with Gasteiger partial charge in [-0.05, 0) is 6.92 Å². The van der Waals surface area contributed by atoms with Crippen molar-refractivity contribution >= 4 is 12.7 Å². The maximum absolute atomic E-state index is 13.3. The molecule has 0 bridgehead atoms. The third kappa shape index (κ3) is 2.39. The highest BCUT2D eigenvalue weighted by atomic mass is 19.2. The maximum atomic E-state index is 13.3. The molecule has 16 heavy (non-hydrogen) atoms. The molecule has 0 saturated carbocycles. The number of hydrogen-bond acceptors (Lipinski definition) is 0. The minimum absolute atomic E-state index is 0.395. The van der Waals surface area contributed by atoms with E-state index in [1.54, 1.807) is 0 Å². The standard InChI is InChI=1S/C11H12BF4/c1-3-4-5-12-7-10(15)8(13)6(2)9(14)11(7)16/h3-5H2,1-2H3/q-1. The summed E-state index contributed by atoms with van der Waals surface area (Å²) < 4.78 is 52.9. The molecule has 0 aliphatic carbocycles. The smallest absolute Gasteiger partial charge is 0.161 e. The van der Waals surface area contributed by atoms with Crippen LogP contribution < -0.4 is 5.46 Å². The molecule has 0 aliphatic heterocycles. The first-order valence-corrected chi connectivity index (χ1v) is 5.16. The first kappa shape index (κ1) is 13.1. The molecule has 0 heterocycles. The average Bonchev–Trinajstić information content (AvgIpc) is 2.28. The molecule has 5 heteroatoms. The second kappa shape index (κ2) is 5.37. The van der Waals surface area contributed by atoms with E-state index in [0.29, 0.717) is 6.32 Å². The van der Waals surface area contributed by atoms with Gasteiger partial charge in [-0.15, -0.1) is 0 Å². The zero-order chi connectivity index (χ0) is 12.3. The quantitative estimate of drug-likeness (QED) is 0.323. The van der Waals surface area contributed by atoms with E-state index < -0.39 is 34.3 Å². The molecule has 1 aromatic carbocycles. The van der Waals surface area contributed by atoms with Crippen molar-refractivity contribution in [1.29, 1.82) is 0 Å². The molecular formula is C11H12BF4-. The average molecular weight is 231 g/mol. The Labute approximate surface area is 92.9 Å². The Bertz CT molecular complexity index is 361. The molecule has 0 spiro atoms. The van der Waals surface area contributed by atoms with Crippen LogP contribution in [0.5, 0.6) is 0 Å². The normalized spacial score (nSPS) is 10.9. The summed E-state index contributed by atoms with van der Waals surface area (Å²) in [5.74, 6) is -5.26. The third-order valence-electron chi connectivity index (χ3n) is 2.42. The monoisotopic (exact) mass is 231 g/mol. The van der Waals surface area contributed by atoms with Crippen LogP contribution in [-0.4, -0.2) is 7.28 Å². The Morgan fingerprint density at radius 1 is 0.938 bits per heavy atom. The van der Waals surface area contributed by atoms with Gasteiger partial charge in [-0.1, -0.05) is 19.8 Å². The molecule has 0 unspecified atom stereocenters. The van der Waals surface area contributed by atoms with Gasteiger partial charge in [0.15, 0.2) is 11.6 Å². The third-order valence-corrected chi connectivity index (χ3v) is 2.42. The van der Waals surface area contributed by atoms with Crippen molar-refractivity contribution in [2.24, 2.45) is 0 Å². The maximum Gasteiger partial charge on any atom is 0.161 e. The predicted molar refractivity (Wildman–Crippen MR) is 56.1 cm³/mol. The van der Waals surface area contributed by atoms with Crippen LogP contribution in [0.25, 0.3) is 0 Å². The number of hydrogen-bond donors (Lipinski definition) is 0. The Morgan fingerprint density at radius 2 is 1.44 bits per heavy atom. The second-order valence-corrected chi connectivity index (χ2v) is 3.64.